The zero-order chi connectivity index (χ0) is 13.1. The van der Waals surface area contributed by atoms with Gasteiger partial charge in [-0.1, -0.05) is 29.3 Å². The monoisotopic (exact) mass is 281 g/mol. The smallest absolute Gasteiger partial charge is 0.257 e. The van der Waals surface area contributed by atoms with E-state index in [1.54, 1.807) is 24.3 Å². The average molecular weight is 282 g/mol. The molecule has 0 saturated carbocycles. The lowest BCUT2D eigenvalue weighted by molar-refractivity contribution is 0.102. The second-order valence-electron chi connectivity index (χ2n) is 3.51. The van der Waals surface area contributed by atoms with Gasteiger partial charge in [0.15, 0.2) is 0 Å². The number of hydrogen-bond acceptors (Lipinski definition) is 3. The molecule has 0 aliphatic rings. The molecule has 2 aromatic rings. The van der Waals surface area contributed by atoms with Gasteiger partial charge in [-0.05, 0) is 18.2 Å². The summed E-state index contributed by atoms with van der Waals surface area (Å²) in [5, 5.41) is 3.36. The van der Waals surface area contributed by atoms with Crippen LogP contribution < -0.4 is 11.1 Å². The Morgan fingerprint density at radius 3 is 2.72 bits per heavy atom. The van der Waals surface area contributed by atoms with Crippen LogP contribution in [0.5, 0.6) is 0 Å². The second kappa shape index (κ2) is 5.25. The molecule has 0 unspecified atom stereocenters. The molecule has 0 saturated heterocycles. The summed E-state index contributed by atoms with van der Waals surface area (Å²) in [4.78, 5) is 15.9. The number of nitrogens with two attached hydrogens (primary N) is 1. The van der Waals surface area contributed by atoms with Gasteiger partial charge in [0.1, 0.15) is 0 Å². The number of halogens is 2. The fraction of sp³-hybridized carbons (Fsp3) is 0. The molecule has 0 spiro atoms. The van der Waals surface area contributed by atoms with E-state index >= 15 is 0 Å². The first-order valence-corrected chi connectivity index (χ1v) is 5.80. The number of nitrogens with one attached hydrogen (secondary N) is 1. The molecule has 0 aliphatic carbocycles. The Kier molecular flexibility index (Phi) is 3.69. The fourth-order valence-corrected chi connectivity index (χ4v) is 1.72. The number of pyridine rings is 1. The lowest BCUT2D eigenvalue weighted by Crippen LogP contribution is -2.14. The Morgan fingerprint density at radius 2 is 2.00 bits per heavy atom. The molecule has 0 fully saturated rings. The molecular weight excluding hydrogens is 273 g/mol. The minimum absolute atomic E-state index is 0.233. The summed E-state index contributed by atoms with van der Waals surface area (Å²) in [5.74, 6) is -0.384. The predicted molar refractivity (Wildman–Crippen MR) is 73.1 cm³/mol. The van der Waals surface area contributed by atoms with E-state index < -0.39 is 0 Å². The van der Waals surface area contributed by atoms with Gasteiger partial charge in [-0.3, -0.25) is 9.78 Å². The third-order valence-electron chi connectivity index (χ3n) is 2.31. The Bertz CT molecular complexity index is 602. The minimum Gasteiger partial charge on any atom is -0.397 e. The van der Waals surface area contributed by atoms with Crippen LogP contribution in [0.4, 0.5) is 11.4 Å². The van der Waals surface area contributed by atoms with E-state index in [2.05, 4.69) is 10.3 Å². The molecule has 18 heavy (non-hydrogen) atoms. The van der Waals surface area contributed by atoms with Crippen molar-refractivity contribution in [2.75, 3.05) is 11.1 Å². The van der Waals surface area contributed by atoms with E-state index in [4.69, 9.17) is 28.9 Å². The van der Waals surface area contributed by atoms with Crippen molar-refractivity contribution in [3.05, 3.63) is 52.3 Å². The SMILES string of the molecule is Nc1c(Cl)cccc1C(=O)Nc1cnccc1Cl. The van der Waals surface area contributed by atoms with Crippen LogP contribution in [0.15, 0.2) is 36.7 Å². The first-order valence-electron chi connectivity index (χ1n) is 5.04. The van der Waals surface area contributed by atoms with Crippen LogP contribution in [-0.2, 0) is 0 Å². The van der Waals surface area contributed by atoms with Crippen molar-refractivity contribution in [1.29, 1.82) is 0 Å². The lowest BCUT2D eigenvalue weighted by Gasteiger charge is -2.09. The maximum Gasteiger partial charge on any atom is 0.257 e. The maximum atomic E-state index is 12.0. The van der Waals surface area contributed by atoms with Crippen LogP contribution in [0, 0.1) is 0 Å². The normalized spacial score (nSPS) is 10.1. The van der Waals surface area contributed by atoms with Crippen LogP contribution in [0.2, 0.25) is 10.0 Å². The van der Waals surface area contributed by atoms with Gasteiger partial charge in [0.05, 0.1) is 33.2 Å². The van der Waals surface area contributed by atoms with Gasteiger partial charge in [-0.25, -0.2) is 0 Å². The third-order valence-corrected chi connectivity index (χ3v) is 2.97. The van der Waals surface area contributed by atoms with Crippen LogP contribution in [-0.4, -0.2) is 10.9 Å². The molecule has 1 aromatic carbocycles. The van der Waals surface area contributed by atoms with Gasteiger partial charge < -0.3 is 11.1 Å². The first kappa shape index (κ1) is 12.7. The van der Waals surface area contributed by atoms with E-state index in [-0.39, 0.29) is 11.6 Å². The number of benzene rings is 1. The number of anilines is 2. The minimum atomic E-state index is -0.384. The lowest BCUT2D eigenvalue weighted by atomic mass is 10.1. The Labute approximate surface area is 114 Å². The highest BCUT2D eigenvalue weighted by Crippen LogP contribution is 2.25. The third kappa shape index (κ3) is 2.55. The highest BCUT2D eigenvalue weighted by molar-refractivity contribution is 6.35. The number of carbonyl (C=O) groups is 1. The molecule has 1 heterocycles. The van der Waals surface area contributed by atoms with Gasteiger partial charge in [0.2, 0.25) is 0 Å². The van der Waals surface area contributed by atoms with Crippen LogP contribution in [0.25, 0.3) is 0 Å². The second-order valence-corrected chi connectivity index (χ2v) is 4.33. The molecule has 1 amide bonds. The Balaban J connectivity index is 2.28. The van der Waals surface area contributed by atoms with Crippen molar-refractivity contribution in [1.82, 2.24) is 4.98 Å². The number of rotatable bonds is 2. The summed E-state index contributed by atoms with van der Waals surface area (Å²) < 4.78 is 0. The molecule has 92 valence electrons. The molecule has 3 N–H and O–H groups in total. The molecule has 0 atom stereocenters. The topological polar surface area (TPSA) is 68.0 Å². The highest BCUT2D eigenvalue weighted by Gasteiger charge is 2.13. The highest BCUT2D eigenvalue weighted by atomic mass is 35.5. The fourth-order valence-electron chi connectivity index (χ4n) is 1.39. The van der Waals surface area contributed by atoms with E-state index in [1.807, 2.05) is 0 Å². The summed E-state index contributed by atoms with van der Waals surface area (Å²) in [5.41, 5.74) is 6.68. The number of amides is 1. The summed E-state index contributed by atoms with van der Waals surface area (Å²) in [6, 6.07) is 6.43. The molecule has 2 rings (SSSR count). The molecule has 4 nitrogen and oxygen atoms in total. The van der Waals surface area contributed by atoms with Crippen LogP contribution in [0.3, 0.4) is 0 Å². The summed E-state index contributed by atoms with van der Waals surface area (Å²) in [7, 11) is 0. The number of nitrogen functional groups attached to an aromatic ring is 1. The number of aromatic nitrogens is 1. The summed E-state index contributed by atoms with van der Waals surface area (Å²) >= 11 is 11.8. The maximum absolute atomic E-state index is 12.0. The van der Waals surface area contributed by atoms with Gasteiger partial charge in [-0.15, -0.1) is 0 Å². The molecule has 6 heteroatoms. The van der Waals surface area contributed by atoms with E-state index in [0.717, 1.165) is 0 Å². The van der Waals surface area contributed by atoms with Crippen LogP contribution >= 0.6 is 23.2 Å². The zero-order valence-electron chi connectivity index (χ0n) is 9.15. The molecule has 0 aliphatic heterocycles. The number of hydrogen-bond donors (Lipinski definition) is 2. The Morgan fingerprint density at radius 1 is 1.22 bits per heavy atom. The number of nitrogens with zero attached hydrogens (tertiary/aromatic N) is 1. The standard InChI is InChI=1S/C12H9Cl2N3O/c13-8-4-5-16-6-10(8)17-12(18)7-2-1-3-9(14)11(7)15/h1-6H,15H2,(H,17,18). The molecule has 0 bridgehead atoms. The van der Waals surface area contributed by atoms with Gasteiger partial charge in [0.25, 0.3) is 5.91 Å². The zero-order valence-corrected chi connectivity index (χ0v) is 10.7. The van der Waals surface area contributed by atoms with Crippen molar-refractivity contribution in [3.63, 3.8) is 0 Å². The summed E-state index contributed by atoms with van der Waals surface area (Å²) in [6.07, 6.45) is 2.99. The van der Waals surface area contributed by atoms with Crippen molar-refractivity contribution >= 4 is 40.5 Å². The molecular formula is C12H9Cl2N3O. The Hall–Kier alpha value is -1.78. The van der Waals surface area contributed by atoms with Crippen molar-refractivity contribution in [2.24, 2.45) is 0 Å². The van der Waals surface area contributed by atoms with Crippen molar-refractivity contribution < 1.29 is 4.79 Å². The van der Waals surface area contributed by atoms with E-state index in [0.29, 0.717) is 21.3 Å². The average Bonchev–Trinajstić information content (AvgIpc) is 2.35. The predicted octanol–water partition coefficient (Wildman–Crippen LogP) is 3.22. The number of para-hydroxylation sites is 1. The molecule has 1 aromatic heterocycles. The number of carbonyl (C=O) groups excluding carboxylic acids is 1. The van der Waals surface area contributed by atoms with E-state index in [1.165, 1.54) is 12.4 Å². The molecule has 0 radical (unpaired) electrons. The van der Waals surface area contributed by atoms with Gasteiger partial charge >= 0.3 is 0 Å². The first-order chi connectivity index (χ1) is 8.59. The van der Waals surface area contributed by atoms with E-state index in [9.17, 15) is 4.79 Å². The van der Waals surface area contributed by atoms with Gasteiger partial charge in [0, 0.05) is 6.20 Å². The largest absolute Gasteiger partial charge is 0.397 e. The van der Waals surface area contributed by atoms with Crippen LogP contribution in [0.1, 0.15) is 10.4 Å². The van der Waals surface area contributed by atoms with Gasteiger partial charge in [-0.2, -0.15) is 0 Å². The van der Waals surface area contributed by atoms with Crippen molar-refractivity contribution in [3.8, 4) is 0 Å². The summed E-state index contributed by atoms with van der Waals surface area (Å²) in [6.45, 7) is 0. The quantitative estimate of drug-likeness (QED) is 0.831. The van der Waals surface area contributed by atoms with Crippen molar-refractivity contribution in [2.45, 2.75) is 0 Å².